The molecule has 1 N–H and O–H groups in total. The third-order valence-corrected chi connectivity index (χ3v) is 2.98. The summed E-state index contributed by atoms with van der Waals surface area (Å²) in [6, 6.07) is 10.7. The second-order valence-corrected chi connectivity index (χ2v) is 4.16. The SMILES string of the molecule is N#Cc1ccc(CC2CCCCN2)cc1. The monoisotopic (exact) mass is 200 g/mol. The maximum absolute atomic E-state index is 8.69. The van der Waals surface area contributed by atoms with E-state index in [9.17, 15) is 0 Å². The summed E-state index contributed by atoms with van der Waals surface area (Å²) >= 11 is 0. The number of hydrogen-bond acceptors (Lipinski definition) is 2. The Morgan fingerprint density at radius 2 is 2.07 bits per heavy atom. The smallest absolute Gasteiger partial charge is 0.0991 e. The van der Waals surface area contributed by atoms with Crippen LogP contribution in [0, 0.1) is 11.3 Å². The van der Waals surface area contributed by atoms with Crippen molar-refractivity contribution < 1.29 is 0 Å². The number of rotatable bonds is 2. The first-order chi connectivity index (χ1) is 7.38. The van der Waals surface area contributed by atoms with Gasteiger partial charge in [-0.1, -0.05) is 18.6 Å². The van der Waals surface area contributed by atoms with Crippen molar-refractivity contribution in [2.45, 2.75) is 31.7 Å². The highest BCUT2D eigenvalue weighted by molar-refractivity contribution is 5.31. The predicted molar refractivity (Wildman–Crippen MR) is 60.5 cm³/mol. The van der Waals surface area contributed by atoms with E-state index in [1.807, 2.05) is 12.1 Å². The standard InChI is InChI=1S/C13H16N2/c14-10-12-6-4-11(5-7-12)9-13-3-1-2-8-15-13/h4-7,13,15H,1-3,8-9H2. The quantitative estimate of drug-likeness (QED) is 0.794. The minimum absolute atomic E-state index is 0.631. The molecule has 2 rings (SSSR count). The van der Waals surface area contributed by atoms with Crippen LogP contribution in [0.4, 0.5) is 0 Å². The average molecular weight is 200 g/mol. The zero-order valence-corrected chi connectivity index (χ0v) is 8.87. The third-order valence-electron chi connectivity index (χ3n) is 2.98. The second-order valence-electron chi connectivity index (χ2n) is 4.16. The van der Waals surface area contributed by atoms with Gasteiger partial charge >= 0.3 is 0 Å². The minimum atomic E-state index is 0.631. The largest absolute Gasteiger partial charge is 0.314 e. The lowest BCUT2D eigenvalue weighted by molar-refractivity contribution is 0.399. The zero-order valence-electron chi connectivity index (χ0n) is 8.87. The summed E-state index contributed by atoms with van der Waals surface area (Å²) in [6.07, 6.45) is 5.02. The van der Waals surface area contributed by atoms with E-state index in [1.165, 1.54) is 24.8 Å². The lowest BCUT2D eigenvalue weighted by Gasteiger charge is -2.23. The summed E-state index contributed by atoms with van der Waals surface area (Å²) in [6.45, 7) is 1.15. The molecule has 1 aliphatic heterocycles. The molecule has 0 radical (unpaired) electrons. The molecule has 1 saturated heterocycles. The van der Waals surface area contributed by atoms with E-state index in [4.69, 9.17) is 5.26 Å². The lowest BCUT2D eigenvalue weighted by atomic mass is 9.97. The van der Waals surface area contributed by atoms with Gasteiger partial charge in [-0.25, -0.2) is 0 Å². The maximum Gasteiger partial charge on any atom is 0.0991 e. The van der Waals surface area contributed by atoms with Gasteiger partial charge in [0.1, 0.15) is 0 Å². The van der Waals surface area contributed by atoms with Gasteiger partial charge in [0.05, 0.1) is 11.6 Å². The van der Waals surface area contributed by atoms with Gasteiger partial charge in [-0.2, -0.15) is 5.26 Å². The van der Waals surface area contributed by atoms with Crippen LogP contribution < -0.4 is 5.32 Å². The number of nitriles is 1. The minimum Gasteiger partial charge on any atom is -0.314 e. The number of nitrogens with one attached hydrogen (secondary N) is 1. The Bertz CT molecular complexity index is 342. The van der Waals surface area contributed by atoms with E-state index in [-0.39, 0.29) is 0 Å². The Hall–Kier alpha value is -1.33. The van der Waals surface area contributed by atoms with Crippen molar-refractivity contribution in [3.05, 3.63) is 35.4 Å². The average Bonchev–Trinajstić information content (AvgIpc) is 2.31. The maximum atomic E-state index is 8.69. The molecule has 0 amide bonds. The molecular formula is C13H16N2. The summed E-state index contributed by atoms with van der Waals surface area (Å²) in [5, 5.41) is 12.2. The van der Waals surface area contributed by atoms with Crippen molar-refractivity contribution in [1.82, 2.24) is 5.32 Å². The molecule has 0 aliphatic carbocycles. The summed E-state index contributed by atoms with van der Waals surface area (Å²) < 4.78 is 0. The van der Waals surface area contributed by atoms with Gasteiger partial charge in [0.15, 0.2) is 0 Å². The fourth-order valence-electron chi connectivity index (χ4n) is 2.10. The van der Waals surface area contributed by atoms with Crippen LogP contribution in [0.1, 0.15) is 30.4 Å². The van der Waals surface area contributed by atoms with E-state index in [0.29, 0.717) is 6.04 Å². The van der Waals surface area contributed by atoms with Gasteiger partial charge in [0.25, 0.3) is 0 Å². The van der Waals surface area contributed by atoms with Crippen LogP contribution in [0.5, 0.6) is 0 Å². The number of nitrogens with zero attached hydrogens (tertiary/aromatic N) is 1. The highest BCUT2D eigenvalue weighted by Gasteiger charge is 2.12. The Morgan fingerprint density at radius 3 is 2.67 bits per heavy atom. The molecule has 1 unspecified atom stereocenters. The topological polar surface area (TPSA) is 35.8 Å². The summed E-state index contributed by atoms with van der Waals surface area (Å²) in [5.41, 5.74) is 2.07. The molecule has 1 aliphatic rings. The Kier molecular flexibility index (Phi) is 3.37. The van der Waals surface area contributed by atoms with Gasteiger partial charge in [0, 0.05) is 6.04 Å². The molecule has 0 spiro atoms. The first-order valence-electron chi connectivity index (χ1n) is 5.61. The van der Waals surface area contributed by atoms with Gasteiger partial charge in [-0.05, 0) is 43.5 Å². The lowest BCUT2D eigenvalue weighted by Crippen LogP contribution is -2.35. The van der Waals surface area contributed by atoms with Gasteiger partial charge < -0.3 is 5.32 Å². The summed E-state index contributed by atoms with van der Waals surface area (Å²) in [7, 11) is 0. The highest BCUT2D eigenvalue weighted by atomic mass is 14.9. The molecule has 2 nitrogen and oxygen atoms in total. The molecule has 1 aromatic carbocycles. The Morgan fingerprint density at radius 1 is 1.27 bits per heavy atom. The molecule has 1 fully saturated rings. The summed E-state index contributed by atoms with van der Waals surface area (Å²) in [5.74, 6) is 0. The van der Waals surface area contributed by atoms with Gasteiger partial charge in [-0.15, -0.1) is 0 Å². The molecule has 1 aromatic rings. The highest BCUT2D eigenvalue weighted by Crippen LogP contribution is 2.13. The molecule has 1 heterocycles. The fraction of sp³-hybridized carbons (Fsp3) is 0.462. The van der Waals surface area contributed by atoms with Crippen LogP contribution in [0.25, 0.3) is 0 Å². The molecule has 0 bridgehead atoms. The summed E-state index contributed by atoms with van der Waals surface area (Å²) in [4.78, 5) is 0. The molecule has 0 saturated carbocycles. The van der Waals surface area contributed by atoms with Crippen LogP contribution in [-0.4, -0.2) is 12.6 Å². The first kappa shape index (κ1) is 10.2. The number of benzene rings is 1. The fourth-order valence-corrected chi connectivity index (χ4v) is 2.10. The molecule has 15 heavy (non-hydrogen) atoms. The van der Waals surface area contributed by atoms with Crippen molar-refractivity contribution in [2.75, 3.05) is 6.54 Å². The van der Waals surface area contributed by atoms with Crippen LogP contribution in [0.2, 0.25) is 0 Å². The second kappa shape index (κ2) is 4.95. The van der Waals surface area contributed by atoms with Crippen molar-refractivity contribution in [1.29, 1.82) is 5.26 Å². The van der Waals surface area contributed by atoms with E-state index in [1.54, 1.807) is 0 Å². The molecule has 1 atom stereocenters. The molecular weight excluding hydrogens is 184 g/mol. The van der Waals surface area contributed by atoms with Crippen LogP contribution >= 0.6 is 0 Å². The van der Waals surface area contributed by atoms with Crippen molar-refractivity contribution in [2.24, 2.45) is 0 Å². The van der Waals surface area contributed by atoms with E-state index >= 15 is 0 Å². The normalized spacial score (nSPS) is 20.9. The number of piperidine rings is 1. The van der Waals surface area contributed by atoms with E-state index in [0.717, 1.165) is 18.5 Å². The first-order valence-corrected chi connectivity index (χ1v) is 5.61. The number of hydrogen-bond donors (Lipinski definition) is 1. The van der Waals surface area contributed by atoms with E-state index in [2.05, 4.69) is 23.5 Å². The molecule has 0 aromatic heterocycles. The predicted octanol–water partition coefficient (Wildman–Crippen LogP) is 2.24. The third kappa shape index (κ3) is 2.81. The van der Waals surface area contributed by atoms with Gasteiger partial charge in [-0.3, -0.25) is 0 Å². The Labute approximate surface area is 90.9 Å². The van der Waals surface area contributed by atoms with Crippen molar-refractivity contribution >= 4 is 0 Å². The van der Waals surface area contributed by atoms with Crippen molar-refractivity contribution in [3.63, 3.8) is 0 Å². The Balaban J connectivity index is 1.95. The van der Waals surface area contributed by atoms with Gasteiger partial charge in [0.2, 0.25) is 0 Å². The molecule has 78 valence electrons. The zero-order chi connectivity index (χ0) is 10.5. The molecule has 2 heteroatoms. The van der Waals surface area contributed by atoms with Crippen LogP contribution in [0.3, 0.4) is 0 Å². The van der Waals surface area contributed by atoms with Crippen molar-refractivity contribution in [3.8, 4) is 6.07 Å². The van der Waals surface area contributed by atoms with E-state index < -0.39 is 0 Å². The van der Waals surface area contributed by atoms with Crippen LogP contribution in [-0.2, 0) is 6.42 Å². The van der Waals surface area contributed by atoms with Crippen LogP contribution in [0.15, 0.2) is 24.3 Å².